The van der Waals surface area contributed by atoms with Crippen LogP contribution in [-0.2, 0) is 4.79 Å². The van der Waals surface area contributed by atoms with Crippen LogP contribution in [0.5, 0.6) is 0 Å². The summed E-state index contributed by atoms with van der Waals surface area (Å²) < 4.78 is 0. The van der Waals surface area contributed by atoms with Gasteiger partial charge in [-0.05, 0) is 18.4 Å². The van der Waals surface area contributed by atoms with Crippen molar-refractivity contribution in [3.63, 3.8) is 0 Å². The Morgan fingerprint density at radius 1 is 1.59 bits per heavy atom. The predicted octanol–water partition coefficient (Wildman–Crippen LogP) is 1.45. The number of anilines is 1. The Morgan fingerprint density at radius 2 is 2.35 bits per heavy atom. The van der Waals surface area contributed by atoms with E-state index in [1.165, 1.54) is 0 Å². The van der Waals surface area contributed by atoms with Crippen molar-refractivity contribution >= 4 is 11.7 Å². The van der Waals surface area contributed by atoms with Gasteiger partial charge in [0.2, 0.25) is 5.91 Å². The Kier molecular flexibility index (Phi) is 3.20. The molecule has 1 aromatic heterocycles. The van der Waals surface area contributed by atoms with Gasteiger partial charge in [-0.2, -0.15) is 0 Å². The first-order valence-electron chi connectivity index (χ1n) is 5.31. The van der Waals surface area contributed by atoms with Gasteiger partial charge in [0.1, 0.15) is 0 Å². The van der Waals surface area contributed by atoms with Crippen molar-refractivity contribution in [2.24, 2.45) is 11.0 Å². The zero-order valence-corrected chi connectivity index (χ0v) is 9.44. The second-order valence-corrected chi connectivity index (χ2v) is 3.95. The fourth-order valence-corrected chi connectivity index (χ4v) is 1.93. The van der Waals surface area contributed by atoms with Crippen LogP contribution in [-0.4, -0.2) is 29.0 Å². The predicted molar refractivity (Wildman–Crippen MR) is 61.2 cm³/mol. The molecule has 1 aromatic rings. The normalized spacial score (nSPS) is 19.2. The SMILES string of the molecule is Cc1nccnc1N1CC(CN=[N+]=[N-])CC1=O. The number of hydrogen-bond donors (Lipinski definition) is 0. The maximum Gasteiger partial charge on any atom is 0.228 e. The Bertz CT molecular complexity index is 481. The summed E-state index contributed by atoms with van der Waals surface area (Å²) in [6.45, 7) is 2.70. The third kappa shape index (κ3) is 2.34. The molecule has 1 fully saturated rings. The van der Waals surface area contributed by atoms with E-state index in [4.69, 9.17) is 5.53 Å². The number of amides is 1. The van der Waals surface area contributed by atoms with Crippen molar-refractivity contribution in [1.82, 2.24) is 9.97 Å². The van der Waals surface area contributed by atoms with Gasteiger partial charge < -0.3 is 0 Å². The van der Waals surface area contributed by atoms with E-state index in [1.807, 2.05) is 6.92 Å². The second-order valence-electron chi connectivity index (χ2n) is 3.95. The lowest BCUT2D eigenvalue weighted by atomic mass is 10.1. The van der Waals surface area contributed by atoms with Gasteiger partial charge in [-0.1, -0.05) is 5.11 Å². The van der Waals surface area contributed by atoms with Gasteiger partial charge >= 0.3 is 0 Å². The van der Waals surface area contributed by atoms with Crippen LogP contribution in [0.4, 0.5) is 5.82 Å². The molecule has 1 aliphatic rings. The van der Waals surface area contributed by atoms with E-state index in [1.54, 1.807) is 17.3 Å². The van der Waals surface area contributed by atoms with Crippen LogP contribution in [0.15, 0.2) is 17.5 Å². The first-order chi connectivity index (χ1) is 8.22. The first kappa shape index (κ1) is 11.3. The molecule has 0 bridgehead atoms. The number of carbonyl (C=O) groups is 1. The molecule has 1 unspecified atom stereocenters. The molecule has 1 aliphatic heterocycles. The second kappa shape index (κ2) is 4.80. The smallest absolute Gasteiger partial charge is 0.228 e. The summed E-state index contributed by atoms with van der Waals surface area (Å²) in [6.07, 6.45) is 3.56. The summed E-state index contributed by atoms with van der Waals surface area (Å²) in [5.74, 6) is 0.674. The van der Waals surface area contributed by atoms with E-state index < -0.39 is 0 Å². The highest BCUT2D eigenvalue weighted by molar-refractivity contribution is 5.95. The standard InChI is InChI=1S/C10H12N6O/c1-7-10(13-3-2-12-7)16-6-8(4-9(16)17)5-14-15-11/h2-3,8H,4-6H2,1H3. The molecule has 0 aromatic carbocycles. The lowest BCUT2D eigenvalue weighted by Gasteiger charge is -2.16. The minimum Gasteiger partial charge on any atom is -0.295 e. The third-order valence-electron chi connectivity index (χ3n) is 2.72. The third-order valence-corrected chi connectivity index (χ3v) is 2.72. The maximum absolute atomic E-state index is 11.8. The lowest BCUT2D eigenvalue weighted by Crippen LogP contribution is -2.26. The lowest BCUT2D eigenvalue weighted by molar-refractivity contribution is -0.117. The van der Waals surface area contributed by atoms with Crippen molar-refractivity contribution in [2.75, 3.05) is 18.0 Å². The highest BCUT2D eigenvalue weighted by Crippen LogP contribution is 2.24. The molecule has 7 nitrogen and oxygen atoms in total. The number of carbonyl (C=O) groups excluding carboxylic acids is 1. The van der Waals surface area contributed by atoms with Crippen LogP contribution in [0.1, 0.15) is 12.1 Å². The molecular formula is C10H12N6O. The van der Waals surface area contributed by atoms with E-state index in [0.29, 0.717) is 25.3 Å². The molecule has 0 N–H and O–H groups in total. The van der Waals surface area contributed by atoms with Crippen LogP contribution < -0.4 is 4.90 Å². The largest absolute Gasteiger partial charge is 0.295 e. The molecule has 7 heteroatoms. The zero-order valence-electron chi connectivity index (χ0n) is 9.44. The van der Waals surface area contributed by atoms with Crippen molar-refractivity contribution < 1.29 is 4.79 Å². The molecule has 1 amide bonds. The molecule has 1 atom stereocenters. The summed E-state index contributed by atoms with van der Waals surface area (Å²) in [5.41, 5.74) is 8.98. The average Bonchev–Trinajstić information content (AvgIpc) is 2.68. The molecule has 1 saturated heterocycles. The highest BCUT2D eigenvalue weighted by atomic mass is 16.2. The Balaban J connectivity index is 2.16. The van der Waals surface area contributed by atoms with Crippen LogP contribution >= 0.6 is 0 Å². The summed E-state index contributed by atoms with van der Waals surface area (Å²) in [5, 5.41) is 3.50. The molecule has 88 valence electrons. The monoisotopic (exact) mass is 232 g/mol. The molecule has 0 spiro atoms. The molecule has 0 radical (unpaired) electrons. The van der Waals surface area contributed by atoms with Crippen molar-refractivity contribution in [3.8, 4) is 0 Å². The van der Waals surface area contributed by atoms with Crippen molar-refractivity contribution in [3.05, 3.63) is 28.5 Å². The van der Waals surface area contributed by atoms with Crippen molar-refractivity contribution in [2.45, 2.75) is 13.3 Å². The summed E-state index contributed by atoms with van der Waals surface area (Å²) in [4.78, 5) is 24.4. The number of azide groups is 1. The van der Waals surface area contributed by atoms with Crippen LogP contribution in [0.3, 0.4) is 0 Å². The highest BCUT2D eigenvalue weighted by Gasteiger charge is 2.31. The van der Waals surface area contributed by atoms with Gasteiger partial charge in [0, 0.05) is 36.8 Å². The topological polar surface area (TPSA) is 94.8 Å². The van der Waals surface area contributed by atoms with Gasteiger partial charge in [0.15, 0.2) is 5.82 Å². The molecule has 0 saturated carbocycles. The van der Waals surface area contributed by atoms with E-state index >= 15 is 0 Å². The van der Waals surface area contributed by atoms with Gasteiger partial charge in [0.25, 0.3) is 0 Å². The quantitative estimate of drug-likeness (QED) is 0.448. The molecule has 2 heterocycles. The average molecular weight is 232 g/mol. The number of aromatic nitrogens is 2. The molecule has 2 rings (SSSR count). The molecule has 17 heavy (non-hydrogen) atoms. The van der Waals surface area contributed by atoms with E-state index in [0.717, 1.165) is 5.69 Å². The zero-order chi connectivity index (χ0) is 12.3. The van der Waals surface area contributed by atoms with Crippen LogP contribution in [0.25, 0.3) is 10.4 Å². The number of nitrogens with zero attached hydrogens (tertiary/aromatic N) is 6. The van der Waals surface area contributed by atoms with Crippen LogP contribution in [0, 0.1) is 12.8 Å². The number of hydrogen-bond acceptors (Lipinski definition) is 4. The van der Waals surface area contributed by atoms with Gasteiger partial charge in [-0.25, -0.2) is 4.98 Å². The summed E-state index contributed by atoms with van der Waals surface area (Å²) >= 11 is 0. The minimum atomic E-state index is 0.00624. The van der Waals surface area contributed by atoms with Crippen LogP contribution in [0.2, 0.25) is 0 Å². The minimum absolute atomic E-state index is 0.00624. The van der Waals surface area contributed by atoms with Crippen molar-refractivity contribution in [1.29, 1.82) is 0 Å². The fourth-order valence-electron chi connectivity index (χ4n) is 1.93. The van der Waals surface area contributed by atoms with E-state index in [-0.39, 0.29) is 11.8 Å². The summed E-state index contributed by atoms with van der Waals surface area (Å²) in [6, 6.07) is 0. The first-order valence-corrected chi connectivity index (χ1v) is 5.31. The van der Waals surface area contributed by atoms with Gasteiger partial charge in [0.05, 0.1) is 5.69 Å². The Hall–Kier alpha value is -2.14. The number of aryl methyl sites for hydroxylation is 1. The fraction of sp³-hybridized carbons (Fsp3) is 0.500. The summed E-state index contributed by atoms with van der Waals surface area (Å²) in [7, 11) is 0. The van der Waals surface area contributed by atoms with E-state index in [2.05, 4.69) is 20.0 Å². The number of rotatable bonds is 3. The van der Waals surface area contributed by atoms with Gasteiger partial charge in [-0.15, -0.1) is 0 Å². The Morgan fingerprint density at radius 3 is 3.06 bits per heavy atom. The van der Waals surface area contributed by atoms with E-state index in [9.17, 15) is 4.79 Å². The Labute approximate surface area is 98.1 Å². The molecular weight excluding hydrogens is 220 g/mol. The van der Waals surface area contributed by atoms with Gasteiger partial charge in [-0.3, -0.25) is 14.7 Å². The maximum atomic E-state index is 11.8. The molecule has 0 aliphatic carbocycles.